The zero-order valence-corrected chi connectivity index (χ0v) is 19.6. The third-order valence-electron chi connectivity index (χ3n) is 5.34. The summed E-state index contributed by atoms with van der Waals surface area (Å²) in [6, 6.07) is 19.7. The van der Waals surface area contributed by atoms with Crippen molar-refractivity contribution in [2.75, 3.05) is 24.4 Å². The van der Waals surface area contributed by atoms with Crippen molar-refractivity contribution in [3.8, 4) is 5.75 Å². The van der Waals surface area contributed by atoms with Gasteiger partial charge >= 0.3 is 5.97 Å². The number of para-hydroxylation sites is 1. The first kappa shape index (κ1) is 24.0. The van der Waals surface area contributed by atoms with Gasteiger partial charge in [-0.3, -0.25) is 14.4 Å². The Hall–Kier alpha value is -4.11. The summed E-state index contributed by atoms with van der Waals surface area (Å²) in [5, 5.41) is -0.560. The van der Waals surface area contributed by atoms with Crippen molar-refractivity contribution >= 4 is 46.7 Å². The van der Waals surface area contributed by atoms with Crippen molar-refractivity contribution in [3.05, 3.63) is 83.9 Å². The molecule has 0 spiro atoms. The fraction of sp³-hybridized carbons (Fsp3) is 0.154. The number of nitrogens with two attached hydrogens (primary N) is 1. The van der Waals surface area contributed by atoms with Crippen LogP contribution in [0.3, 0.4) is 0 Å². The smallest absolute Gasteiger partial charge is 0.338 e. The number of esters is 1. The van der Waals surface area contributed by atoms with E-state index in [1.165, 1.54) is 43.1 Å². The van der Waals surface area contributed by atoms with E-state index >= 15 is 0 Å². The van der Waals surface area contributed by atoms with Gasteiger partial charge in [0.25, 0.3) is 0 Å². The summed E-state index contributed by atoms with van der Waals surface area (Å²) >= 11 is 1.29. The highest BCUT2D eigenvalue weighted by Gasteiger charge is 2.40. The van der Waals surface area contributed by atoms with Gasteiger partial charge in [-0.1, -0.05) is 18.2 Å². The zero-order chi connectivity index (χ0) is 24.9. The third-order valence-corrected chi connectivity index (χ3v) is 6.52. The first-order valence-electron chi connectivity index (χ1n) is 10.7. The molecule has 0 radical (unpaired) electrons. The number of hydrogen-bond donors (Lipinski definition) is 1. The molecular formula is C26H22N2O6S. The number of rotatable bonds is 8. The molecule has 9 heteroatoms. The summed E-state index contributed by atoms with van der Waals surface area (Å²) in [6.07, 6.45) is 0.0627. The van der Waals surface area contributed by atoms with Crippen molar-refractivity contribution < 1.29 is 28.7 Å². The van der Waals surface area contributed by atoms with Gasteiger partial charge in [-0.15, -0.1) is 11.8 Å². The van der Waals surface area contributed by atoms with Crippen molar-refractivity contribution in [2.24, 2.45) is 0 Å². The Kier molecular flexibility index (Phi) is 7.17. The molecule has 3 aromatic rings. The minimum atomic E-state index is -0.700. The van der Waals surface area contributed by atoms with Crippen LogP contribution in [0.4, 0.5) is 11.4 Å². The standard InChI is InChI=1S/C26H22N2O6S/c1-33-22-8-3-2-7-20(22)21(29)15-34-26(32)16-9-11-18(12-10-16)28-24(30)14-23(25(28)31)35-19-6-4-5-17(27)13-19/h2-13,23H,14-15,27H2,1H3. The molecule has 0 saturated carbocycles. The maximum absolute atomic E-state index is 12.9. The molecule has 2 N–H and O–H groups in total. The first-order valence-corrected chi connectivity index (χ1v) is 11.6. The summed E-state index contributed by atoms with van der Waals surface area (Å²) in [4.78, 5) is 52.2. The van der Waals surface area contributed by atoms with E-state index in [0.29, 0.717) is 22.7 Å². The normalized spacial score (nSPS) is 15.2. The quantitative estimate of drug-likeness (QED) is 0.220. The summed E-state index contributed by atoms with van der Waals surface area (Å²) in [6.45, 7) is -0.451. The monoisotopic (exact) mass is 490 g/mol. The van der Waals surface area contributed by atoms with Crippen LogP contribution < -0.4 is 15.4 Å². The van der Waals surface area contributed by atoms with E-state index in [1.807, 2.05) is 6.07 Å². The molecule has 8 nitrogen and oxygen atoms in total. The molecule has 1 aliphatic heterocycles. The van der Waals surface area contributed by atoms with Crippen LogP contribution in [0.15, 0.2) is 77.7 Å². The predicted molar refractivity (Wildman–Crippen MR) is 132 cm³/mol. The van der Waals surface area contributed by atoms with Crippen LogP contribution >= 0.6 is 11.8 Å². The summed E-state index contributed by atoms with van der Waals surface area (Å²) in [5.74, 6) is -1.36. The van der Waals surface area contributed by atoms with E-state index in [4.69, 9.17) is 15.2 Å². The van der Waals surface area contributed by atoms with Crippen molar-refractivity contribution in [1.29, 1.82) is 0 Å². The molecule has 1 aliphatic rings. The van der Waals surface area contributed by atoms with Crippen molar-refractivity contribution in [3.63, 3.8) is 0 Å². The lowest BCUT2D eigenvalue weighted by atomic mass is 10.1. The second kappa shape index (κ2) is 10.4. The van der Waals surface area contributed by atoms with E-state index in [2.05, 4.69) is 0 Å². The molecule has 35 heavy (non-hydrogen) atoms. The van der Waals surface area contributed by atoms with E-state index in [-0.39, 0.29) is 23.8 Å². The molecule has 2 amide bonds. The minimum absolute atomic E-state index is 0.0627. The highest BCUT2D eigenvalue weighted by atomic mass is 32.2. The Labute approximate surface area is 206 Å². The molecule has 1 heterocycles. The van der Waals surface area contributed by atoms with Crippen LogP contribution in [0.5, 0.6) is 5.75 Å². The predicted octanol–water partition coefficient (Wildman–Crippen LogP) is 3.74. The number of benzene rings is 3. The molecule has 1 unspecified atom stereocenters. The van der Waals surface area contributed by atoms with Gasteiger partial charge in [0.05, 0.1) is 29.2 Å². The summed E-state index contributed by atoms with van der Waals surface area (Å²) in [5.41, 5.74) is 7.23. The molecule has 0 bridgehead atoms. The lowest BCUT2D eigenvalue weighted by molar-refractivity contribution is -0.121. The SMILES string of the molecule is COc1ccccc1C(=O)COC(=O)c1ccc(N2C(=O)CC(Sc3cccc(N)c3)C2=O)cc1. The molecule has 4 rings (SSSR count). The molecule has 1 fully saturated rings. The van der Waals surface area contributed by atoms with Gasteiger partial charge in [0.2, 0.25) is 17.6 Å². The number of nitrogens with zero attached hydrogens (tertiary/aromatic N) is 1. The Bertz CT molecular complexity index is 1290. The maximum atomic E-state index is 12.9. The Morgan fingerprint density at radius 2 is 1.77 bits per heavy atom. The number of anilines is 2. The van der Waals surface area contributed by atoms with E-state index in [1.54, 1.807) is 42.5 Å². The average molecular weight is 491 g/mol. The van der Waals surface area contributed by atoms with Crippen LogP contribution in [0.25, 0.3) is 0 Å². The van der Waals surface area contributed by atoms with Crippen LogP contribution in [0.2, 0.25) is 0 Å². The van der Waals surface area contributed by atoms with Crippen molar-refractivity contribution in [1.82, 2.24) is 0 Å². The Balaban J connectivity index is 1.39. The fourth-order valence-electron chi connectivity index (χ4n) is 3.63. The van der Waals surface area contributed by atoms with E-state index in [0.717, 1.165) is 9.80 Å². The Morgan fingerprint density at radius 1 is 1.03 bits per heavy atom. The number of methoxy groups -OCH3 is 1. The van der Waals surface area contributed by atoms with Gasteiger partial charge in [0, 0.05) is 17.0 Å². The molecule has 0 aliphatic carbocycles. The second-order valence-corrected chi connectivity index (χ2v) is 8.97. The number of carbonyl (C=O) groups is 4. The number of hydrogen-bond acceptors (Lipinski definition) is 8. The van der Waals surface area contributed by atoms with Crippen LogP contribution in [-0.2, 0) is 14.3 Å². The van der Waals surface area contributed by atoms with Crippen molar-refractivity contribution in [2.45, 2.75) is 16.6 Å². The van der Waals surface area contributed by atoms with Gasteiger partial charge < -0.3 is 15.2 Å². The number of ketones is 1. The van der Waals surface area contributed by atoms with Gasteiger partial charge in [-0.05, 0) is 54.6 Å². The maximum Gasteiger partial charge on any atom is 0.338 e. The minimum Gasteiger partial charge on any atom is -0.496 e. The zero-order valence-electron chi connectivity index (χ0n) is 18.8. The van der Waals surface area contributed by atoms with Gasteiger partial charge in [0.15, 0.2) is 6.61 Å². The third kappa shape index (κ3) is 5.36. The molecule has 178 valence electrons. The lowest BCUT2D eigenvalue weighted by Crippen LogP contribution is -2.31. The molecular weight excluding hydrogens is 468 g/mol. The van der Waals surface area contributed by atoms with Crippen LogP contribution in [-0.4, -0.2) is 42.5 Å². The van der Waals surface area contributed by atoms with Crippen LogP contribution in [0, 0.1) is 0 Å². The number of Topliss-reactive ketones (excluding diaryl/α,β-unsaturated/α-hetero) is 1. The molecule has 1 saturated heterocycles. The molecule has 1 atom stereocenters. The largest absolute Gasteiger partial charge is 0.496 e. The highest BCUT2D eigenvalue weighted by molar-refractivity contribution is 8.00. The van der Waals surface area contributed by atoms with Gasteiger partial charge in [-0.2, -0.15) is 0 Å². The van der Waals surface area contributed by atoms with Crippen LogP contribution in [0.1, 0.15) is 27.1 Å². The number of thioether (sulfide) groups is 1. The number of nitrogen functional groups attached to an aromatic ring is 1. The van der Waals surface area contributed by atoms with E-state index in [9.17, 15) is 19.2 Å². The second-order valence-electron chi connectivity index (χ2n) is 7.70. The molecule has 0 aromatic heterocycles. The van der Waals surface area contributed by atoms with Gasteiger partial charge in [0.1, 0.15) is 5.75 Å². The lowest BCUT2D eigenvalue weighted by Gasteiger charge is -2.15. The Morgan fingerprint density at radius 3 is 2.49 bits per heavy atom. The number of amides is 2. The van der Waals surface area contributed by atoms with Gasteiger partial charge in [-0.25, -0.2) is 9.69 Å². The highest BCUT2D eigenvalue weighted by Crippen LogP contribution is 2.34. The number of carbonyl (C=O) groups excluding carboxylic acids is 4. The summed E-state index contributed by atoms with van der Waals surface area (Å²) in [7, 11) is 1.45. The fourth-order valence-corrected chi connectivity index (χ4v) is 4.76. The summed E-state index contributed by atoms with van der Waals surface area (Å²) < 4.78 is 10.3. The number of imide groups is 1. The first-order chi connectivity index (χ1) is 16.9. The topological polar surface area (TPSA) is 116 Å². The average Bonchev–Trinajstić information content (AvgIpc) is 3.14. The van der Waals surface area contributed by atoms with E-state index < -0.39 is 23.6 Å². The molecule has 3 aromatic carbocycles. The number of ether oxygens (including phenoxy) is 2.